The summed E-state index contributed by atoms with van der Waals surface area (Å²) in [6.07, 6.45) is 0.257. The van der Waals surface area contributed by atoms with Crippen LogP contribution >= 0.6 is 27.3 Å². The lowest BCUT2D eigenvalue weighted by atomic mass is 10.3. The van der Waals surface area contributed by atoms with E-state index >= 15 is 0 Å². The van der Waals surface area contributed by atoms with Gasteiger partial charge in [-0.3, -0.25) is 14.9 Å². The Labute approximate surface area is 91.6 Å². The summed E-state index contributed by atoms with van der Waals surface area (Å²) >= 11 is 3.65. The average molecular weight is 281 g/mol. The van der Waals surface area contributed by atoms with Crippen molar-refractivity contribution in [3.05, 3.63) is 14.5 Å². The predicted molar refractivity (Wildman–Crippen MR) is 55.1 cm³/mol. The van der Waals surface area contributed by atoms with Gasteiger partial charge in [0.2, 0.25) is 6.41 Å². The number of imide groups is 1. The summed E-state index contributed by atoms with van der Waals surface area (Å²) in [5, 5.41) is 4.10. The van der Waals surface area contributed by atoms with Crippen LogP contribution in [0.4, 0.5) is 10.1 Å². The number of anilines is 1. The van der Waals surface area contributed by atoms with Crippen molar-refractivity contribution in [2.75, 3.05) is 12.4 Å². The largest absolute Gasteiger partial charge is 0.386 e. The lowest BCUT2D eigenvalue weighted by molar-refractivity contribution is -0.108. The van der Waals surface area contributed by atoms with Crippen molar-refractivity contribution in [1.82, 2.24) is 5.32 Å². The van der Waals surface area contributed by atoms with Crippen LogP contribution in [0.3, 0.4) is 0 Å². The highest BCUT2D eigenvalue weighted by Crippen LogP contribution is 2.35. The molecule has 76 valence electrons. The van der Waals surface area contributed by atoms with E-state index in [0.717, 1.165) is 0 Å². The summed E-state index contributed by atoms with van der Waals surface area (Å²) in [6, 6.07) is 0. The molecule has 0 saturated heterocycles. The molecule has 0 atom stereocenters. The highest BCUT2D eigenvalue weighted by molar-refractivity contribution is 9.10. The third-order valence-electron chi connectivity index (χ3n) is 1.46. The van der Waals surface area contributed by atoms with E-state index in [1.165, 1.54) is 0 Å². The van der Waals surface area contributed by atoms with E-state index < -0.39 is 11.0 Å². The Balaban J connectivity index is 3.13. The summed E-state index contributed by atoms with van der Waals surface area (Å²) < 4.78 is 13.2. The van der Waals surface area contributed by atoms with E-state index in [0.29, 0.717) is 17.0 Å². The Bertz CT molecular complexity index is 380. The molecular weight excluding hydrogens is 275 g/mol. The maximum absolute atomic E-state index is 13.1. The minimum absolute atomic E-state index is 0.129. The molecule has 0 spiro atoms. The molecule has 14 heavy (non-hydrogen) atoms. The van der Waals surface area contributed by atoms with Crippen LogP contribution in [-0.2, 0) is 4.79 Å². The number of hydrogen-bond acceptors (Lipinski definition) is 4. The van der Waals surface area contributed by atoms with Crippen molar-refractivity contribution in [1.29, 1.82) is 0 Å². The summed E-state index contributed by atoms with van der Waals surface area (Å²) in [6.45, 7) is 0. The molecule has 0 radical (unpaired) electrons. The van der Waals surface area contributed by atoms with Crippen LogP contribution in [0.1, 0.15) is 9.67 Å². The van der Waals surface area contributed by atoms with E-state index in [-0.39, 0.29) is 15.8 Å². The number of rotatable bonds is 3. The normalized spacial score (nSPS) is 9.64. The third-order valence-corrected chi connectivity index (χ3v) is 3.44. The molecule has 0 saturated carbocycles. The highest BCUT2D eigenvalue weighted by Gasteiger charge is 2.20. The first kappa shape index (κ1) is 11.1. The summed E-state index contributed by atoms with van der Waals surface area (Å²) in [5.74, 6) is -0.626. The van der Waals surface area contributed by atoms with Crippen LogP contribution < -0.4 is 10.6 Å². The smallest absolute Gasteiger partial charge is 0.269 e. The summed E-state index contributed by atoms with van der Waals surface area (Å²) in [4.78, 5) is 21.4. The molecule has 2 N–H and O–H groups in total. The first-order valence-corrected chi connectivity index (χ1v) is 5.12. The Morgan fingerprint density at radius 1 is 1.64 bits per heavy atom. The van der Waals surface area contributed by atoms with Gasteiger partial charge in [-0.15, -0.1) is 0 Å². The van der Waals surface area contributed by atoms with Crippen molar-refractivity contribution >= 4 is 45.3 Å². The first-order valence-electron chi connectivity index (χ1n) is 3.51. The predicted octanol–water partition coefficient (Wildman–Crippen LogP) is 1.58. The Morgan fingerprint density at radius 2 is 2.29 bits per heavy atom. The Kier molecular flexibility index (Phi) is 3.59. The number of carbonyl (C=O) groups is 2. The quantitative estimate of drug-likeness (QED) is 0.827. The number of thiophene rings is 1. The van der Waals surface area contributed by atoms with Gasteiger partial charge in [-0.05, 0) is 15.9 Å². The maximum Gasteiger partial charge on any atom is 0.269 e. The molecule has 7 heteroatoms. The van der Waals surface area contributed by atoms with Gasteiger partial charge < -0.3 is 5.32 Å². The molecule has 0 unspecified atom stereocenters. The SMILES string of the molecule is CNc1c(C(=O)NC=O)sc(F)c1Br. The Morgan fingerprint density at radius 3 is 2.79 bits per heavy atom. The van der Waals surface area contributed by atoms with Crippen molar-refractivity contribution < 1.29 is 14.0 Å². The van der Waals surface area contributed by atoms with Gasteiger partial charge in [-0.1, -0.05) is 11.3 Å². The van der Waals surface area contributed by atoms with E-state index in [4.69, 9.17) is 0 Å². The second-order valence-corrected chi connectivity index (χ2v) is 4.00. The van der Waals surface area contributed by atoms with Crippen LogP contribution in [0, 0.1) is 5.13 Å². The fourth-order valence-electron chi connectivity index (χ4n) is 0.886. The molecule has 0 bridgehead atoms. The van der Waals surface area contributed by atoms with Crippen LogP contribution in [0.2, 0.25) is 0 Å². The van der Waals surface area contributed by atoms with Crippen LogP contribution in [0.15, 0.2) is 4.47 Å². The molecule has 0 aliphatic rings. The monoisotopic (exact) mass is 280 g/mol. The van der Waals surface area contributed by atoms with Crippen molar-refractivity contribution in [3.8, 4) is 0 Å². The van der Waals surface area contributed by atoms with E-state index in [9.17, 15) is 14.0 Å². The second-order valence-electron chi connectivity index (χ2n) is 2.24. The van der Waals surface area contributed by atoms with Crippen molar-refractivity contribution in [3.63, 3.8) is 0 Å². The molecule has 0 aromatic carbocycles. The van der Waals surface area contributed by atoms with E-state index in [1.54, 1.807) is 7.05 Å². The average Bonchev–Trinajstić information content (AvgIpc) is 2.44. The van der Waals surface area contributed by atoms with Crippen LogP contribution in [0.5, 0.6) is 0 Å². The number of nitrogens with one attached hydrogen (secondary N) is 2. The molecular formula is C7H6BrFN2O2S. The molecule has 1 aromatic heterocycles. The third kappa shape index (κ3) is 1.93. The zero-order chi connectivity index (χ0) is 10.7. The van der Waals surface area contributed by atoms with Gasteiger partial charge in [0.15, 0.2) is 5.13 Å². The van der Waals surface area contributed by atoms with E-state index in [2.05, 4.69) is 21.2 Å². The van der Waals surface area contributed by atoms with Gasteiger partial charge in [-0.25, -0.2) is 0 Å². The van der Waals surface area contributed by atoms with Gasteiger partial charge in [0.1, 0.15) is 4.88 Å². The highest BCUT2D eigenvalue weighted by atomic mass is 79.9. The topological polar surface area (TPSA) is 58.2 Å². The maximum atomic E-state index is 13.1. The Hall–Kier alpha value is -0.950. The van der Waals surface area contributed by atoms with Gasteiger partial charge in [0.05, 0.1) is 10.2 Å². The van der Waals surface area contributed by atoms with Crippen LogP contribution in [-0.4, -0.2) is 19.4 Å². The zero-order valence-corrected chi connectivity index (χ0v) is 9.46. The lowest BCUT2D eigenvalue weighted by Crippen LogP contribution is -2.20. The van der Waals surface area contributed by atoms with Gasteiger partial charge in [0.25, 0.3) is 5.91 Å². The second kappa shape index (κ2) is 4.52. The summed E-state index contributed by atoms with van der Waals surface area (Å²) in [5.41, 5.74) is 0.340. The standard InChI is InChI=1S/C7H6BrFN2O2S/c1-10-4-3(8)6(9)14-5(4)7(13)11-2-12/h2,10H,1H3,(H,11,12,13). The van der Waals surface area contributed by atoms with Gasteiger partial charge in [-0.2, -0.15) is 4.39 Å². The molecule has 0 aliphatic heterocycles. The van der Waals surface area contributed by atoms with Gasteiger partial charge >= 0.3 is 0 Å². The minimum Gasteiger partial charge on any atom is -0.386 e. The van der Waals surface area contributed by atoms with Gasteiger partial charge in [0, 0.05) is 7.05 Å². The van der Waals surface area contributed by atoms with Crippen molar-refractivity contribution in [2.24, 2.45) is 0 Å². The summed E-state index contributed by atoms with van der Waals surface area (Å²) in [7, 11) is 1.56. The fraction of sp³-hybridized carbons (Fsp3) is 0.143. The fourth-order valence-corrected chi connectivity index (χ4v) is 2.48. The van der Waals surface area contributed by atoms with E-state index in [1.807, 2.05) is 5.32 Å². The molecule has 0 aliphatic carbocycles. The first-order chi connectivity index (χ1) is 6.61. The lowest BCUT2D eigenvalue weighted by Gasteiger charge is -2.00. The molecule has 2 amide bonds. The number of amides is 2. The van der Waals surface area contributed by atoms with Crippen LogP contribution in [0.25, 0.3) is 0 Å². The molecule has 1 rings (SSSR count). The molecule has 1 heterocycles. The number of halogens is 2. The zero-order valence-electron chi connectivity index (χ0n) is 7.06. The molecule has 4 nitrogen and oxygen atoms in total. The molecule has 0 fully saturated rings. The van der Waals surface area contributed by atoms with Crippen molar-refractivity contribution in [2.45, 2.75) is 0 Å². The molecule has 1 aromatic rings. The minimum atomic E-state index is -0.626. The number of hydrogen-bond donors (Lipinski definition) is 2. The number of carbonyl (C=O) groups excluding carboxylic acids is 2.